The number of hydrogen-bond donors (Lipinski definition) is 0. The number of aromatic nitrogens is 3. The molecule has 0 saturated carbocycles. The van der Waals surface area contributed by atoms with Crippen molar-refractivity contribution in [2.45, 2.75) is 13.8 Å². The van der Waals surface area contributed by atoms with E-state index in [0.717, 1.165) is 39.6 Å². The van der Waals surface area contributed by atoms with Crippen LogP contribution >= 0.6 is 0 Å². The zero-order valence-electron chi connectivity index (χ0n) is 39.7. The zero-order valence-corrected chi connectivity index (χ0v) is 39.7. The third kappa shape index (κ3) is 7.82. The van der Waals surface area contributed by atoms with Crippen molar-refractivity contribution in [3.63, 3.8) is 0 Å². The van der Waals surface area contributed by atoms with Gasteiger partial charge in [0.15, 0.2) is 0 Å². The fraction of sp³-hybridized carbons (Fsp3) is 0.0299. The molecule has 0 spiro atoms. The fourth-order valence-corrected chi connectivity index (χ4v) is 10.4. The summed E-state index contributed by atoms with van der Waals surface area (Å²) in [7, 11) is 0. The Labute approximate surface area is 414 Å². The first kappa shape index (κ1) is 43.1. The Morgan fingerprint density at radius 2 is 0.704 bits per heavy atom. The number of pyridine rings is 1. The van der Waals surface area contributed by atoms with Gasteiger partial charge >= 0.3 is 0 Å². The van der Waals surface area contributed by atoms with Crippen LogP contribution in [0.2, 0.25) is 0 Å². The van der Waals surface area contributed by atoms with Crippen LogP contribution in [0, 0.1) is 0 Å². The Morgan fingerprint density at radius 1 is 0.296 bits per heavy atom. The molecular weight excluding hydrogens is 861 g/mol. The molecular formula is C67H50N4. The maximum Gasteiger partial charge on any atom is 0.0541 e. The largest absolute Gasteiger partial charge is 0.311 e. The highest BCUT2D eigenvalue weighted by Crippen LogP contribution is 2.42. The van der Waals surface area contributed by atoms with Gasteiger partial charge < -0.3 is 14.0 Å². The summed E-state index contributed by atoms with van der Waals surface area (Å²) in [5, 5.41) is 4.91. The van der Waals surface area contributed by atoms with Crippen LogP contribution in [-0.4, -0.2) is 14.1 Å². The fourth-order valence-electron chi connectivity index (χ4n) is 10.4. The van der Waals surface area contributed by atoms with E-state index in [4.69, 9.17) is 0 Å². The Morgan fingerprint density at radius 3 is 1.28 bits per heavy atom. The molecule has 3 heterocycles. The number of benzene rings is 10. The van der Waals surface area contributed by atoms with Gasteiger partial charge in [0.25, 0.3) is 0 Å². The number of nitrogens with zero attached hydrogens (tertiary/aromatic N) is 4. The highest BCUT2D eigenvalue weighted by atomic mass is 15.1. The van der Waals surface area contributed by atoms with Crippen LogP contribution in [0.15, 0.2) is 267 Å². The molecule has 4 heteroatoms. The van der Waals surface area contributed by atoms with Crippen molar-refractivity contribution in [2.24, 2.45) is 0 Å². The predicted octanol–water partition coefficient (Wildman–Crippen LogP) is 18.4. The summed E-state index contributed by atoms with van der Waals surface area (Å²) in [6.45, 7) is 4.00. The molecule has 4 nitrogen and oxygen atoms in total. The Hall–Kier alpha value is -9.25. The Balaban J connectivity index is 0.00000256. The second-order valence-corrected chi connectivity index (χ2v) is 17.6. The molecule has 0 saturated heterocycles. The lowest BCUT2D eigenvalue weighted by molar-refractivity contribution is 1.18. The maximum atomic E-state index is 4.27. The smallest absolute Gasteiger partial charge is 0.0541 e. The van der Waals surface area contributed by atoms with E-state index in [2.05, 4.69) is 274 Å². The molecule has 3 aromatic heterocycles. The van der Waals surface area contributed by atoms with E-state index >= 15 is 0 Å². The number of hydrogen-bond acceptors (Lipinski definition) is 2. The maximum absolute atomic E-state index is 4.27. The average molecular weight is 911 g/mol. The van der Waals surface area contributed by atoms with Gasteiger partial charge in [0, 0.05) is 62.3 Å². The van der Waals surface area contributed by atoms with Gasteiger partial charge in [0.2, 0.25) is 0 Å². The first-order valence-electron chi connectivity index (χ1n) is 24.5. The molecule has 0 unspecified atom stereocenters. The van der Waals surface area contributed by atoms with E-state index < -0.39 is 0 Å². The average Bonchev–Trinajstić information content (AvgIpc) is 3.97. The third-order valence-electron chi connectivity index (χ3n) is 13.6. The van der Waals surface area contributed by atoms with Gasteiger partial charge in [-0.05, 0) is 148 Å². The molecule has 338 valence electrons. The second-order valence-electron chi connectivity index (χ2n) is 17.6. The van der Waals surface area contributed by atoms with Gasteiger partial charge in [0.05, 0.1) is 27.8 Å². The summed E-state index contributed by atoms with van der Waals surface area (Å²) < 4.78 is 4.84. The monoisotopic (exact) mass is 910 g/mol. The molecule has 0 atom stereocenters. The molecule has 10 aromatic carbocycles. The van der Waals surface area contributed by atoms with Crippen LogP contribution in [-0.2, 0) is 0 Å². The SMILES string of the molecule is CC.c1ccc(-c2cc(-c3ccncc3)ccc2-n2c3ccccc3c3cc(-c4ccc5c(c4)c4ccccc4n5-c4ccc(-c5ccc(N(c6ccccc6)c6ccccc6)cc5)cc4)ccc32)cc1. The molecule has 0 radical (unpaired) electrons. The molecule has 0 amide bonds. The standard InChI is InChI=1S/C65H44N4.C2H6/c1-4-14-48(15-5-1)58-42-49(47-38-40-66-41-39-47)28-35-63(58)69-62-23-13-11-21-57(62)60-44-51(30-37-65(60)69)50-29-36-64-59(43-50)56-20-10-12-22-61(56)68(64)55-33-26-46(27-34-55)45-24-31-54(32-25-45)67(52-16-6-2-7-17-52)53-18-8-3-9-19-53;1-2/h1-44H;1-2H3. The highest BCUT2D eigenvalue weighted by Gasteiger charge is 2.19. The number of rotatable bonds is 9. The van der Waals surface area contributed by atoms with Crippen molar-refractivity contribution in [2.75, 3.05) is 4.90 Å². The van der Waals surface area contributed by atoms with Crippen LogP contribution < -0.4 is 4.90 Å². The molecule has 0 N–H and O–H groups in total. The minimum atomic E-state index is 1.12. The van der Waals surface area contributed by atoms with E-state index in [1.165, 1.54) is 77.0 Å². The van der Waals surface area contributed by atoms with E-state index in [1.54, 1.807) is 0 Å². The van der Waals surface area contributed by atoms with E-state index in [1.807, 2.05) is 26.2 Å². The molecule has 0 aliphatic rings. The van der Waals surface area contributed by atoms with Gasteiger partial charge in [-0.25, -0.2) is 0 Å². The molecule has 13 aromatic rings. The van der Waals surface area contributed by atoms with Crippen LogP contribution in [0.4, 0.5) is 17.1 Å². The quantitative estimate of drug-likeness (QED) is 0.144. The second kappa shape index (κ2) is 18.7. The molecule has 0 fully saturated rings. The summed E-state index contributed by atoms with van der Waals surface area (Å²) in [5.41, 5.74) is 19.7. The van der Waals surface area contributed by atoms with Crippen molar-refractivity contribution >= 4 is 60.7 Å². The van der Waals surface area contributed by atoms with Gasteiger partial charge in [-0.2, -0.15) is 0 Å². The van der Waals surface area contributed by atoms with Gasteiger partial charge in [-0.1, -0.05) is 159 Å². The van der Waals surface area contributed by atoms with Crippen molar-refractivity contribution < 1.29 is 0 Å². The van der Waals surface area contributed by atoms with Crippen molar-refractivity contribution in [1.82, 2.24) is 14.1 Å². The highest BCUT2D eigenvalue weighted by molar-refractivity contribution is 6.13. The zero-order chi connectivity index (χ0) is 47.7. The molecule has 0 aliphatic heterocycles. The predicted molar refractivity (Wildman–Crippen MR) is 301 cm³/mol. The lowest BCUT2D eigenvalue weighted by atomic mass is 9.97. The summed E-state index contributed by atoms with van der Waals surface area (Å²) in [5.74, 6) is 0. The lowest BCUT2D eigenvalue weighted by Gasteiger charge is -2.25. The summed E-state index contributed by atoms with van der Waals surface area (Å²) >= 11 is 0. The van der Waals surface area contributed by atoms with Crippen molar-refractivity contribution in [1.29, 1.82) is 0 Å². The minimum Gasteiger partial charge on any atom is -0.311 e. The number of para-hydroxylation sites is 4. The molecule has 13 rings (SSSR count). The van der Waals surface area contributed by atoms with Gasteiger partial charge in [-0.3, -0.25) is 4.98 Å². The van der Waals surface area contributed by atoms with Crippen molar-refractivity contribution in [3.05, 3.63) is 267 Å². The van der Waals surface area contributed by atoms with Crippen LogP contribution in [0.1, 0.15) is 13.8 Å². The van der Waals surface area contributed by atoms with Gasteiger partial charge in [-0.15, -0.1) is 0 Å². The summed E-state index contributed by atoms with van der Waals surface area (Å²) in [6, 6.07) is 92.2. The van der Waals surface area contributed by atoms with E-state index in [0.29, 0.717) is 0 Å². The van der Waals surface area contributed by atoms with Gasteiger partial charge in [0.1, 0.15) is 0 Å². The number of fused-ring (bicyclic) bond motifs is 6. The van der Waals surface area contributed by atoms with E-state index in [-0.39, 0.29) is 0 Å². The van der Waals surface area contributed by atoms with Crippen LogP contribution in [0.3, 0.4) is 0 Å². The Kier molecular flexibility index (Phi) is 11.3. The molecule has 0 bridgehead atoms. The first-order chi connectivity index (χ1) is 35.2. The summed E-state index contributed by atoms with van der Waals surface area (Å²) in [4.78, 5) is 6.57. The van der Waals surface area contributed by atoms with Crippen LogP contribution in [0.25, 0.3) is 99.5 Å². The van der Waals surface area contributed by atoms with E-state index in [9.17, 15) is 0 Å². The topological polar surface area (TPSA) is 26.0 Å². The Bertz CT molecular complexity index is 3930. The summed E-state index contributed by atoms with van der Waals surface area (Å²) in [6.07, 6.45) is 3.72. The van der Waals surface area contributed by atoms with Crippen molar-refractivity contribution in [3.8, 4) is 55.9 Å². The minimum absolute atomic E-state index is 1.12. The number of anilines is 3. The molecule has 71 heavy (non-hydrogen) atoms. The first-order valence-corrected chi connectivity index (χ1v) is 24.5. The third-order valence-corrected chi connectivity index (χ3v) is 13.6. The van der Waals surface area contributed by atoms with Crippen LogP contribution in [0.5, 0.6) is 0 Å². The normalized spacial score (nSPS) is 11.2. The molecule has 0 aliphatic carbocycles. The lowest BCUT2D eigenvalue weighted by Crippen LogP contribution is -2.09.